The summed E-state index contributed by atoms with van der Waals surface area (Å²) in [5, 5.41) is 16.4. The highest BCUT2D eigenvalue weighted by Crippen LogP contribution is 2.25. The number of anilines is 1. The molecule has 3 amide bonds. The number of phenolic OH excluding ortho intramolecular Hbond substituents is 1. The molecule has 1 heterocycles. The Morgan fingerprint density at radius 2 is 1.92 bits per heavy atom. The summed E-state index contributed by atoms with van der Waals surface area (Å²) < 4.78 is 10.3. The molecule has 0 aliphatic heterocycles. The normalized spacial score (nSPS) is 10.9. The number of aromatic hydroxyl groups is 1. The number of hydrogen-bond acceptors (Lipinski definition) is 9. The summed E-state index contributed by atoms with van der Waals surface area (Å²) in [6.07, 6.45) is 6.60. The van der Waals surface area contributed by atoms with Crippen LogP contribution in [0.15, 0.2) is 66.0 Å². The third-order valence-corrected chi connectivity index (χ3v) is 4.81. The lowest BCUT2D eigenvalue weighted by Crippen LogP contribution is -2.33. The molecule has 2 aromatic carbocycles. The highest BCUT2D eigenvalue weighted by atomic mass is 16.5. The number of aliphatic imine (C=N–C) groups is 1. The Morgan fingerprint density at radius 3 is 2.55 bits per heavy atom. The maximum Gasteiger partial charge on any atom is 0.321 e. The van der Waals surface area contributed by atoms with Crippen LogP contribution >= 0.6 is 0 Å². The number of nitrogens with one attached hydrogen (secondary N) is 3. The molecule has 38 heavy (non-hydrogen) atoms. The van der Waals surface area contributed by atoms with Gasteiger partial charge in [0.2, 0.25) is 12.3 Å². The SMILES string of the molecule is COC(=O)[C@@H](C)CN=CNc1ccc(Oc2cnccn2)c(C)c1.O=CNC(=O)NCc1ccc(O)cc1. The zero-order chi connectivity index (χ0) is 27.8. The summed E-state index contributed by atoms with van der Waals surface area (Å²) in [7, 11) is 1.37. The Labute approximate surface area is 220 Å². The van der Waals surface area contributed by atoms with Gasteiger partial charge in [0.05, 0.1) is 32.1 Å². The van der Waals surface area contributed by atoms with Crippen LogP contribution in [0.25, 0.3) is 0 Å². The van der Waals surface area contributed by atoms with Crippen molar-refractivity contribution in [3.8, 4) is 17.4 Å². The number of rotatable bonds is 10. The maximum absolute atomic E-state index is 11.3. The number of ether oxygens (including phenoxy) is 2. The number of esters is 1. The summed E-state index contributed by atoms with van der Waals surface area (Å²) in [5.74, 6) is 0.786. The van der Waals surface area contributed by atoms with E-state index >= 15 is 0 Å². The fourth-order valence-electron chi connectivity index (χ4n) is 2.81. The van der Waals surface area contributed by atoms with Crippen molar-refractivity contribution >= 4 is 30.4 Å². The Kier molecular flexibility index (Phi) is 12.2. The number of urea groups is 1. The number of aryl methyl sites for hydroxylation is 1. The lowest BCUT2D eigenvalue weighted by Gasteiger charge is -2.09. The summed E-state index contributed by atoms with van der Waals surface area (Å²) >= 11 is 0. The predicted octanol–water partition coefficient (Wildman–Crippen LogP) is 3.17. The summed E-state index contributed by atoms with van der Waals surface area (Å²) in [4.78, 5) is 44.1. The second-order valence-corrected chi connectivity index (χ2v) is 7.80. The number of carbonyl (C=O) groups is 3. The molecule has 0 spiro atoms. The minimum atomic E-state index is -0.548. The molecule has 1 atom stereocenters. The molecule has 3 aromatic rings. The van der Waals surface area contributed by atoms with Crippen LogP contribution < -0.4 is 20.7 Å². The van der Waals surface area contributed by atoms with Crippen LogP contribution in [0.3, 0.4) is 0 Å². The lowest BCUT2D eigenvalue weighted by atomic mass is 10.2. The molecule has 0 aliphatic carbocycles. The van der Waals surface area contributed by atoms with Crippen molar-refractivity contribution in [1.82, 2.24) is 20.6 Å². The Bertz CT molecular complexity index is 1200. The molecule has 0 fully saturated rings. The van der Waals surface area contributed by atoms with Gasteiger partial charge in [0.15, 0.2) is 0 Å². The number of nitrogens with zero attached hydrogens (tertiary/aromatic N) is 3. The van der Waals surface area contributed by atoms with Gasteiger partial charge in [0.1, 0.15) is 11.5 Å². The fourth-order valence-corrected chi connectivity index (χ4v) is 2.81. The van der Waals surface area contributed by atoms with E-state index in [-0.39, 0.29) is 17.6 Å². The average Bonchev–Trinajstić information content (AvgIpc) is 2.92. The first-order valence-corrected chi connectivity index (χ1v) is 11.5. The van der Waals surface area contributed by atoms with E-state index in [1.165, 1.54) is 19.2 Å². The lowest BCUT2D eigenvalue weighted by molar-refractivity contribution is -0.144. The standard InChI is InChI=1S/C17H20N4O3.C9H10N2O3/c1-12-8-14(21-11-19-9-13(2)17(22)23-3)4-5-15(12)24-16-10-18-6-7-20-16;12-6-11-9(14)10-5-7-1-3-8(13)4-2-7/h4-8,10-11,13H,9H2,1-3H3,(H,19,21);1-4,6,13H,5H2,(H2,10,11,12,14)/t13-;/m0./s1. The first kappa shape index (κ1) is 29.2. The number of methoxy groups -OCH3 is 1. The molecular weight excluding hydrogens is 492 g/mol. The van der Waals surface area contributed by atoms with Crippen LogP contribution in [0.2, 0.25) is 0 Å². The zero-order valence-electron chi connectivity index (χ0n) is 21.2. The van der Waals surface area contributed by atoms with E-state index in [4.69, 9.17) is 9.84 Å². The second-order valence-electron chi connectivity index (χ2n) is 7.80. The molecule has 0 aliphatic rings. The topological polar surface area (TPSA) is 164 Å². The number of imide groups is 1. The van der Waals surface area contributed by atoms with Crippen molar-refractivity contribution < 1.29 is 29.0 Å². The summed E-state index contributed by atoms with van der Waals surface area (Å²) in [6.45, 7) is 4.38. The molecule has 12 heteroatoms. The third-order valence-electron chi connectivity index (χ3n) is 4.81. The summed E-state index contributed by atoms with van der Waals surface area (Å²) in [6, 6.07) is 11.5. The summed E-state index contributed by atoms with van der Waals surface area (Å²) in [5.41, 5.74) is 2.65. The van der Waals surface area contributed by atoms with E-state index in [0.717, 1.165) is 16.8 Å². The molecule has 200 valence electrons. The van der Waals surface area contributed by atoms with E-state index in [1.807, 2.05) is 30.4 Å². The van der Waals surface area contributed by atoms with Gasteiger partial charge in [-0.3, -0.25) is 24.9 Å². The van der Waals surface area contributed by atoms with Gasteiger partial charge in [0.25, 0.3) is 0 Å². The van der Waals surface area contributed by atoms with Crippen LogP contribution in [0.1, 0.15) is 18.1 Å². The molecule has 1 aromatic heterocycles. The maximum atomic E-state index is 11.3. The van der Waals surface area contributed by atoms with Gasteiger partial charge in [-0.05, 0) is 48.4 Å². The molecule has 12 nitrogen and oxygen atoms in total. The van der Waals surface area contributed by atoms with E-state index in [1.54, 1.807) is 44.0 Å². The van der Waals surface area contributed by atoms with Crippen molar-refractivity contribution in [2.75, 3.05) is 19.0 Å². The van der Waals surface area contributed by atoms with E-state index in [9.17, 15) is 14.4 Å². The molecule has 0 saturated heterocycles. The van der Waals surface area contributed by atoms with E-state index in [2.05, 4.69) is 30.3 Å². The van der Waals surface area contributed by atoms with Gasteiger partial charge >= 0.3 is 12.0 Å². The van der Waals surface area contributed by atoms with Gasteiger partial charge in [-0.2, -0.15) is 0 Å². The van der Waals surface area contributed by atoms with Crippen LogP contribution in [0, 0.1) is 12.8 Å². The number of hydrogen-bond donors (Lipinski definition) is 4. The highest BCUT2D eigenvalue weighted by molar-refractivity contribution is 5.84. The van der Waals surface area contributed by atoms with E-state index < -0.39 is 6.03 Å². The molecule has 0 radical (unpaired) electrons. The van der Waals surface area contributed by atoms with Crippen molar-refractivity contribution in [2.24, 2.45) is 10.9 Å². The van der Waals surface area contributed by atoms with Crippen molar-refractivity contribution in [3.63, 3.8) is 0 Å². The fraction of sp³-hybridized carbons (Fsp3) is 0.231. The number of benzene rings is 2. The Morgan fingerprint density at radius 1 is 1.16 bits per heavy atom. The molecule has 0 unspecified atom stereocenters. The largest absolute Gasteiger partial charge is 0.508 e. The smallest absolute Gasteiger partial charge is 0.321 e. The second kappa shape index (κ2) is 15.9. The molecule has 3 rings (SSSR count). The average molecular weight is 523 g/mol. The predicted molar refractivity (Wildman–Crippen MR) is 141 cm³/mol. The van der Waals surface area contributed by atoms with Crippen LogP contribution in [0.5, 0.6) is 17.4 Å². The number of phenols is 1. The first-order valence-electron chi connectivity index (χ1n) is 11.5. The van der Waals surface area contributed by atoms with E-state index in [0.29, 0.717) is 31.1 Å². The van der Waals surface area contributed by atoms with Crippen LogP contribution in [0.4, 0.5) is 10.5 Å². The Balaban J connectivity index is 0.000000308. The molecular formula is C26H30N6O6. The zero-order valence-corrected chi connectivity index (χ0v) is 21.2. The molecule has 4 N–H and O–H groups in total. The van der Waals surface area contributed by atoms with Crippen molar-refractivity contribution in [1.29, 1.82) is 0 Å². The van der Waals surface area contributed by atoms with Crippen molar-refractivity contribution in [3.05, 3.63) is 72.2 Å². The third kappa shape index (κ3) is 10.7. The quantitative estimate of drug-likeness (QED) is 0.135. The van der Waals surface area contributed by atoms with Crippen LogP contribution in [-0.2, 0) is 20.9 Å². The Hall–Kier alpha value is -5.00. The molecule has 0 bridgehead atoms. The minimum Gasteiger partial charge on any atom is -0.508 e. The first-order chi connectivity index (χ1) is 18.3. The van der Waals surface area contributed by atoms with Gasteiger partial charge in [-0.15, -0.1) is 0 Å². The minimum absolute atomic E-state index is 0.172. The van der Waals surface area contributed by atoms with Crippen LogP contribution in [-0.4, -0.2) is 53.5 Å². The number of amides is 3. The monoisotopic (exact) mass is 522 g/mol. The van der Waals surface area contributed by atoms with Gasteiger partial charge in [-0.25, -0.2) is 9.78 Å². The number of aromatic nitrogens is 2. The van der Waals surface area contributed by atoms with Gasteiger partial charge in [0, 0.05) is 24.6 Å². The van der Waals surface area contributed by atoms with Crippen molar-refractivity contribution in [2.45, 2.75) is 20.4 Å². The highest BCUT2D eigenvalue weighted by Gasteiger charge is 2.11. The molecule has 0 saturated carbocycles. The van der Waals surface area contributed by atoms with Gasteiger partial charge in [-0.1, -0.05) is 19.1 Å². The van der Waals surface area contributed by atoms with Gasteiger partial charge < -0.3 is 25.2 Å². The number of carbonyl (C=O) groups excluding carboxylic acids is 3.